The van der Waals surface area contributed by atoms with E-state index in [9.17, 15) is 19.8 Å². The van der Waals surface area contributed by atoms with Crippen molar-refractivity contribution in [2.75, 3.05) is 33.0 Å². The summed E-state index contributed by atoms with van der Waals surface area (Å²) >= 11 is 0. The molecular formula is C27H42N2O7. The van der Waals surface area contributed by atoms with Gasteiger partial charge in [0.25, 0.3) is 5.91 Å². The first-order chi connectivity index (χ1) is 17.3. The number of amides is 1. The zero-order valence-electron chi connectivity index (χ0n) is 22.1. The molecule has 2 heterocycles. The number of ether oxygens (including phenoxy) is 2. The fourth-order valence-electron chi connectivity index (χ4n) is 5.50. The highest BCUT2D eigenvalue weighted by Gasteiger charge is 2.48. The van der Waals surface area contributed by atoms with Crippen LogP contribution in [0.1, 0.15) is 76.8 Å². The van der Waals surface area contributed by atoms with Gasteiger partial charge >= 0.3 is 5.97 Å². The molecule has 2 aliphatic heterocycles. The molecule has 0 radical (unpaired) electrons. The number of hydroxylamine groups is 2. The summed E-state index contributed by atoms with van der Waals surface area (Å²) in [6.45, 7) is 9.58. The highest BCUT2D eigenvalue weighted by Crippen LogP contribution is 2.45. The number of fused-ring (bicyclic) bond motifs is 1. The highest BCUT2D eigenvalue weighted by molar-refractivity contribution is 5.78. The zero-order valence-corrected chi connectivity index (χ0v) is 22.1. The number of aliphatic hydroxyl groups excluding tert-OH is 1. The van der Waals surface area contributed by atoms with E-state index in [1.165, 1.54) is 5.06 Å². The number of benzene rings is 1. The number of aliphatic hydroxyl groups is 1. The maximum atomic E-state index is 13.3. The molecule has 3 rings (SSSR count). The van der Waals surface area contributed by atoms with E-state index in [1.807, 2.05) is 30.9 Å². The van der Waals surface area contributed by atoms with Crippen LogP contribution < -0.4 is 9.47 Å². The molecule has 36 heavy (non-hydrogen) atoms. The van der Waals surface area contributed by atoms with Crippen LogP contribution in [0.25, 0.3) is 0 Å². The van der Waals surface area contributed by atoms with Crippen molar-refractivity contribution >= 4 is 11.9 Å². The minimum atomic E-state index is -0.875. The molecule has 2 aliphatic rings. The molecule has 0 aliphatic carbocycles. The number of carbonyl (C=O) groups excluding carboxylic acids is 1. The minimum Gasteiger partial charge on any atom is -0.481 e. The molecule has 0 saturated carbocycles. The largest absolute Gasteiger partial charge is 0.481 e. The number of hydrogen-bond donors (Lipinski definition) is 2. The van der Waals surface area contributed by atoms with Gasteiger partial charge in [0, 0.05) is 30.6 Å². The first kappa shape index (κ1) is 28.2. The fourth-order valence-corrected chi connectivity index (χ4v) is 5.50. The number of nitrogens with zero attached hydrogens (tertiary/aromatic N) is 2. The van der Waals surface area contributed by atoms with Gasteiger partial charge in [-0.25, -0.2) is 5.06 Å². The Bertz CT molecular complexity index is 893. The molecule has 4 atom stereocenters. The Hall–Kier alpha value is -2.36. The molecule has 1 saturated heterocycles. The number of hydrogen-bond acceptors (Lipinski definition) is 7. The number of rotatable bonds is 14. The lowest BCUT2D eigenvalue weighted by Crippen LogP contribution is -2.45. The normalized spacial score (nSPS) is 22.1. The van der Waals surface area contributed by atoms with Crippen molar-refractivity contribution in [1.29, 1.82) is 0 Å². The Morgan fingerprint density at radius 2 is 1.97 bits per heavy atom. The Morgan fingerprint density at radius 1 is 1.19 bits per heavy atom. The van der Waals surface area contributed by atoms with Gasteiger partial charge in [-0.2, -0.15) is 0 Å². The van der Waals surface area contributed by atoms with E-state index in [2.05, 4.69) is 13.8 Å². The zero-order chi connectivity index (χ0) is 26.2. The van der Waals surface area contributed by atoms with Crippen molar-refractivity contribution < 1.29 is 34.1 Å². The fraction of sp³-hybridized carbons (Fsp3) is 0.704. The van der Waals surface area contributed by atoms with Crippen molar-refractivity contribution in [1.82, 2.24) is 9.96 Å². The summed E-state index contributed by atoms with van der Waals surface area (Å²) in [5, 5.41) is 21.7. The van der Waals surface area contributed by atoms with Gasteiger partial charge in [-0.15, -0.1) is 0 Å². The van der Waals surface area contributed by atoms with Crippen molar-refractivity contribution in [3.63, 3.8) is 0 Å². The summed E-state index contributed by atoms with van der Waals surface area (Å²) < 4.78 is 11.1. The summed E-state index contributed by atoms with van der Waals surface area (Å²) in [6.07, 6.45) is 4.28. The van der Waals surface area contributed by atoms with Gasteiger partial charge in [0.05, 0.1) is 25.7 Å². The van der Waals surface area contributed by atoms with E-state index < -0.39 is 11.9 Å². The number of aliphatic carboxylic acids is 1. The number of carbonyl (C=O) groups is 2. The predicted octanol–water partition coefficient (Wildman–Crippen LogP) is 3.78. The summed E-state index contributed by atoms with van der Waals surface area (Å²) in [6, 6.07) is 3.35. The van der Waals surface area contributed by atoms with Gasteiger partial charge in [0.2, 0.25) is 6.79 Å². The number of carboxylic acid groups (broad SMARTS) is 1. The van der Waals surface area contributed by atoms with Crippen LogP contribution in [0, 0.1) is 11.8 Å². The topological polar surface area (TPSA) is 109 Å². The molecule has 0 aromatic heterocycles. The summed E-state index contributed by atoms with van der Waals surface area (Å²) in [5.41, 5.74) is 1.36. The Kier molecular flexibility index (Phi) is 10.4. The first-order valence-corrected chi connectivity index (χ1v) is 13.3. The molecule has 0 bridgehead atoms. The smallest absolute Gasteiger partial charge is 0.308 e. The lowest BCUT2D eigenvalue weighted by atomic mass is 9.81. The Balaban J connectivity index is 1.93. The maximum Gasteiger partial charge on any atom is 0.308 e. The van der Waals surface area contributed by atoms with E-state index in [-0.39, 0.29) is 37.8 Å². The van der Waals surface area contributed by atoms with Gasteiger partial charge in [0.1, 0.15) is 0 Å². The monoisotopic (exact) mass is 506 g/mol. The summed E-state index contributed by atoms with van der Waals surface area (Å²) in [7, 11) is 0. The lowest BCUT2D eigenvalue weighted by Gasteiger charge is -2.30. The van der Waals surface area contributed by atoms with Crippen LogP contribution in [0.2, 0.25) is 0 Å². The SMILES string of the molecule is CCCON(CCC)C(=O)CN1C[C@H](c2cc(CO)c3c(c2)OCO3)[C@@H](C(=O)O)[C@@H]1CC(C)CCC. The summed E-state index contributed by atoms with van der Waals surface area (Å²) in [4.78, 5) is 33.7. The molecule has 9 heteroatoms. The quantitative estimate of drug-likeness (QED) is 0.367. The van der Waals surface area contributed by atoms with Gasteiger partial charge in [-0.3, -0.25) is 19.3 Å². The van der Waals surface area contributed by atoms with Crippen LogP contribution in [-0.4, -0.2) is 71.1 Å². The second-order valence-electron chi connectivity index (χ2n) is 10.00. The third kappa shape index (κ3) is 6.49. The predicted molar refractivity (Wildman–Crippen MR) is 135 cm³/mol. The van der Waals surface area contributed by atoms with Crippen LogP contribution in [0.4, 0.5) is 0 Å². The molecule has 1 unspecified atom stereocenters. The minimum absolute atomic E-state index is 0.0711. The molecule has 1 aromatic rings. The van der Waals surface area contributed by atoms with E-state index in [1.54, 1.807) is 0 Å². The van der Waals surface area contributed by atoms with E-state index in [0.717, 1.165) is 31.2 Å². The van der Waals surface area contributed by atoms with Gasteiger partial charge < -0.3 is 19.7 Å². The van der Waals surface area contributed by atoms with Crippen LogP contribution >= 0.6 is 0 Å². The molecule has 1 fully saturated rings. The molecule has 9 nitrogen and oxygen atoms in total. The van der Waals surface area contributed by atoms with E-state index in [0.29, 0.717) is 49.1 Å². The van der Waals surface area contributed by atoms with Crippen LogP contribution in [0.5, 0.6) is 11.5 Å². The molecule has 1 aromatic carbocycles. The average molecular weight is 507 g/mol. The van der Waals surface area contributed by atoms with Crippen molar-refractivity contribution in [3.05, 3.63) is 23.3 Å². The number of carboxylic acids is 1. The Morgan fingerprint density at radius 3 is 2.61 bits per heavy atom. The van der Waals surface area contributed by atoms with E-state index in [4.69, 9.17) is 14.3 Å². The molecule has 0 spiro atoms. The first-order valence-electron chi connectivity index (χ1n) is 13.3. The average Bonchev–Trinajstić information content (AvgIpc) is 3.46. The number of likely N-dealkylation sites (tertiary alicyclic amines) is 1. The molecule has 1 amide bonds. The van der Waals surface area contributed by atoms with Gasteiger partial charge in [-0.05, 0) is 42.9 Å². The molecular weight excluding hydrogens is 464 g/mol. The van der Waals surface area contributed by atoms with Crippen LogP contribution in [0.3, 0.4) is 0 Å². The van der Waals surface area contributed by atoms with Gasteiger partial charge in [-0.1, -0.05) is 40.5 Å². The second kappa shape index (κ2) is 13.3. The highest BCUT2D eigenvalue weighted by atomic mass is 16.7. The molecule has 202 valence electrons. The third-order valence-corrected chi connectivity index (χ3v) is 7.12. The third-order valence-electron chi connectivity index (χ3n) is 7.12. The van der Waals surface area contributed by atoms with E-state index >= 15 is 0 Å². The lowest BCUT2D eigenvalue weighted by molar-refractivity contribution is -0.188. The second-order valence-corrected chi connectivity index (χ2v) is 10.00. The maximum absolute atomic E-state index is 13.3. The van der Waals surface area contributed by atoms with Crippen molar-refractivity contribution in [2.45, 2.75) is 78.4 Å². The van der Waals surface area contributed by atoms with Crippen molar-refractivity contribution in [3.8, 4) is 11.5 Å². The van der Waals surface area contributed by atoms with Gasteiger partial charge in [0.15, 0.2) is 11.5 Å². The van der Waals surface area contributed by atoms with Crippen LogP contribution in [0.15, 0.2) is 12.1 Å². The van der Waals surface area contributed by atoms with Crippen molar-refractivity contribution in [2.24, 2.45) is 11.8 Å². The molecule has 2 N–H and O–H groups in total. The Labute approximate surface area is 214 Å². The van der Waals surface area contributed by atoms with Crippen LogP contribution in [-0.2, 0) is 21.0 Å². The summed E-state index contributed by atoms with van der Waals surface area (Å²) in [5.74, 6) is -0.719. The standard InChI is InChI=1S/C27H42N2O7/c1-5-8-18(4)11-22-25(27(32)33)21(19-12-20(16-30)26-23(13-19)34-17-35-26)14-28(22)15-24(31)29(9-6-2)36-10-7-3/h12-13,18,21-22,25,30H,5-11,14-17H2,1-4H3,(H,32,33)/t18?,21-,22+,25-/m1/s1.